The molecule has 8 aromatic carbocycles. The van der Waals surface area contributed by atoms with Crippen LogP contribution in [0.1, 0.15) is 0 Å². The van der Waals surface area contributed by atoms with Crippen LogP contribution in [-0.4, -0.2) is 62.8 Å². The summed E-state index contributed by atoms with van der Waals surface area (Å²) in [5, 5.41) is 3.96. The number of furan rings is 1. The first-order valence-electron chi connectivity index (χ1n) is 17.1. The van der Waals surface area contributed by atoms with Gasteiger partial charge in [0.2, 0.25) is 0 Å². The Balaban J connectivity index is 1.56. The van der Waals surface area contributed by atoms with Gasteiger partial charge in [-0.25, -0.2) is 0 Å². The maximum absolute atomic E-state index is 7.09. The van der Waals surface area contributed by atoms with Gasteiger partial charge in [-0.2, -0.15) is 0 Å². The molecule has 9 aromatic rings. The number of benzene rings is 8. The zero-order valence-corrected chi connectivity index (χ0v) is 28.6. The second kappa shape index (κ2) is 12.6. The van der Waals surface area contributed by atoms with Crippen molar-refractivity contribution >= 4 is 150 Å². The third-order valence-electron chi connectivity index (χ3n) is 10.4. The van der Waals surface area contributed by atoms with Crippen molar-refractivity contribution in [2.45, 2.75) is 0 Å². The summed E-state index contributed by atoms with van der Waals surface area (Å²) < 4.78 is 6.33. The molecule has 226 valence electrons. The van der Waals surface area contributed by atoms with Crippen LogP contribution in [0.4, 0.5) is 0 Å². The molecule has 0 saturated carbocycles. The highest BCUT2D eigenvalue weighted by atomic mass is 16.3. The van der Waals surface area contributed by atoms with Crippen LogP contribution in [0.3, 0.4) is 0 Å². The molecule has 16 radical (unpaired) electrons. The third kappa shape index (κ3) is 5.04. The van der Waals surface area contributed by atoms with Gasteiger partial charge in [0.15, 0.2) is 0 Å². The number of hydrogen-bond donors (Lipinski definition) is 0. The van der Waals surface area contributed by atoms with Crippen LogP contribution in [0.15, 0.2) is 126 Å². The molecular formula is C44H20B8O. The highest BCUT2D eigenvalue weighted by molar-refractivity contribution is 6.71. The molecular weight excluding hydrogens is 631 g/mol. The van der Waals surface area contributed by atoms with Crippen molar-refractivity contribution in [3.8, 4) is 44.5 Å². The molecule has 0 unspecified atom stereocenters. The largest absolute Gasteiger partial charge is 0.456 e. The zero-order chi connectivity index (χ0) is 36.7. The van der Waals surface area contributed by atoms with E-state index in [0.717, 1.165) is 49.7 Å². The quantitative estimate of drug-likeness (QED) is 0.211. The molecule has 0 aliphatic carbocycles. The first-order chi connectivity index (χ1) is 25.7. The Hall–Kier alpha value is -5.40. The first-order valence-corrected chi connectivity index (χ1v) is 17.1. The van der Waals surface area contributed by atoms with Crippen LogP contribution in [0.2, 0.25) is 0 Å². The van der Waals surface area contributed by atoms with Crippen LogP contribution in [0, 0.1) is 0 Å². The van der Waals surface area contributed by atoms with Gasteiger partial charge in [0.1, 0.15) is 73.9 Å². The lowest BCUT2D eigenvalue weighted by atomic mass is 9.59. The molecule has 0 atom stereocenters. The minimum atomic E-state index is 0.156. The SMILES string of the molecule is [B]c1c([B])c([B])c2c(-c3cccc4oc5ccccc5c34)c3c([B])c([B])c([B])c([B])c3c(-c3cc(-c4ccccc4)cc(-c4ccccc4)c3)c2c1[B]. The van der Waals surface area contributed by atoms with Crippen molar-refractivity contribution in [1.82, 2.24) is 0 Å². The van der Waals surface area contributed by atoms with Gasteiger partial charge < -0.3 is 4.42 Å². The fourth-order valence-corrected chi connectivity index (χ4v) is 7.85. The highest BCUT2D eigenvalue weighted by Gasteiger charge is 2.26. The normalized spacial score (nSPS) is 11.6. The maximum Gasteiger partial charge on any atom is 0.136 e. The van der Waals surface area contributed by atoms with E-state index in [4.69, 9.17) is 67.2 Å². The summed E-state index contributed by atoms with van der Waals surface area (Å²) in [6.45, 7) is 0. The fraction of sp³-hybridized carbons (Fsp3) is 0. The Morgan fingerprint density at radius 2 is 0.717 bits per heavy atom. The summed E-state index contributed by atoms with van der Waals surface area (Å²) in [6.07, 6.45) is 0. The Bertz CT molecular complexity index is 2830. The smallest absolute Gasteiger partial charge is 0.136 e. The van der Waals surface area contributed by atoms with Gasteiger partial charge in [-0.1, -0.05) is 113 Å². The Kier molecular flexibility index (Phi) is 7.97. The first kappa shape index (κ1) is 33.4. The minimum Gasteiger partial charge on any atom is -0.456 e. The lowest BCUT2D eigenvalue weighted by molar-refractivity contribution is 0.669. The molecule has 0 fully saturated rings. The number of rotatable bonds is 4. The highest BCUT2D eigenvalue weighted by Crippen LogP contribution is 2.45. The van der Waals surface area contributed by atoms with Gasteiger partial charge in [-0.05, 0) is 96.4 Å². The van der Waals surface area contributed by atoms with Gasteiger partial charge >= 0.3 is 0 Å². The summed E-state index contributed by atoms with van der Waals surface area (Å²) in [6, 6.07) is 40.3. The molecule has 0 amide bonds. The predicted octanol–water partition coefficient (Wildman–Crippen LogP) is 2.91. The van der Waals surface area contributed by atoms with E-state index >= 15 is 0 Å². The lowest BCUT2D eigenvalue weighted by Gasteiger charge is -2.29. The van der Waals surface area contributed by atoms with Crippen molar-refractivity contribution in [2.75, 3.05) is 0 Å². The predicted molar refractivity (Wildman–Crippen MR) is 234 cm³/mol. The van der Waals surface area contributed by atoms with Gasteiger partial charge in [0.05, 0.1) is 0 Å². The summed E-state index contributed by atoms with van der Waals surface area (Å²) in [5.41, 5.74) is 9.77. The fourth-order valence-electron chi connectivity index (χ4n) is 7.85. The Labute approximate surface area is 318 Å². The van der Waals surface area contributed by atoms with Crippen LogP contribution in [-0.2, 0) is 0 Å². The second-order valence-electron chi connectivity index (χ2n) is 13.4. The van der Waals surface area contributed by atoms with E-state index in [1.165, 1.54) is 0 Å². The molecule has 0 aliphatic heterocycles. The van der Waals surface area contributed by atoms with Crippen molar-refractivity contribution < 1.29 is 4.42 Å². The average Bonchev–Trinajstić information content (AvgIpc) is 3.59. The second-order valence-corrected chi connectivity index (χ2v) is 13.4. The molecule has 1 aromatic heterocycles. The van der Waals surface area contributed by atoms with E-state index in [0.29, 0.717) is 38.3 Å². The van der Waals surface area contributed by atoms with Gasteiger partial charge in [-0.15, -0.1) is 21.9 Å². The standard InChI is InChI=1S/C44H20B8O/c45-37-33-30(25-19-23(21-10-3-1-4-11-21)18-24(20-25)22-12-5-2-6-13-22)34-36(40(48)44(52)42(50)38(34)46)32(35(33)39(47)43(51)41(37)49)27-15-9-17-29-31(27)26-14-7-8-16-28(26)53-29/h1-20H. The van der Waals surface area contributed by atoms with Crippen LogP contribution in [0.25, 0.3) is 88.0 Å². The molecule has 9 rings (SSSR count). The maximum atomic E-state index is 7.09. The summed E-state index contributed by atoms with van der Waals surface area (Å²) in [4.78, 5) is 0. The van der Waals surface area contributed by atoms with Gasteiger partial charge in [0.25, 0.3) is 0 Å². The monoisotopic (exact) mass is 652 g/mol. The molecule has 9 heteroatoms. The minimum absolute atomic E-state index is 0.156. The van der Waals surface area contributed by atoms with Crippen molar-refractivity contribution in [1.29, 1.82) is 0 Å². The van der Waals surface area contributed by atoms with E-state index < -0.39 is 0 Å². The van der Waals surface area contributed by atoms with Crippen LogP contribution in [0.5, 0.6) is 0 Å². The number of para-hydroxylation sites is 1. The topological polar surface area (TPSA) is 13.1 Å². The van der Waals surface area contributed by atoms with Gasteiger partial charge in [-0.3, -0.25) is 0 Å². The third-order valence-corrected chi connectivity index (χ3v) is 10.4. The average molecular weight is 651 g/mol. The molecule has 53 heavy (non-hydrogen) atoms. The number of fused-ring (bicyclic) bond motifs is 5. The van der Waals surface area contributed by atoms with E-state index in [1.54, 1.807) is 0 Å². The summed E-state index contributed by atoms with van der Waals surface area (Å²) >= 11 is 0. The van der Waals surface area contributed by atoms with E-state index in [1.807, 2.05) is 78.9 Å². The molecule has 0 spiro atoms. The van der Waals surface area contributed by atoms with Gasteiger partial charge in [0, 0.05) is 10.8 Å². The Morgan fingerprint density at radius 3 is 1.23 bits per heavy atom. The molecule has 0 saturated heterocycles. The molecule has 0 N–H and O–H groups in total. The van der Waals surface area contributed by atoms with Crippen LogP contribution >= 0.6 is 0 Å². The van der Waals surface area contributed by atoms with Crippen LogP contribution < -0.4 is 43.7 Å². The van der Waals surface area contributed by atoms with E-state index in [2.05, 4.69) is 42.5 Å². The molecule has 0 aliphatic rings. The Morgan fingerprint density at radius 1 is 0.302 bits per heavy atom. The lowest BCUT2D eigenvalue weighted by Crippen LogP contribution is -2.50. The van der Waals surface area contributed by atoms with Crippen molar-refractivity contribution in [3.05, 3.63) is 121 Å². The molecule has 1 nitrogen and oxygen atoms in total. The zero-order valence-electron chi connectivity index (χ0n) is 28.6. The molecule has 0 bridgehead atoms. The van der Waals surface area contributed by atoms with Crippen molar-refractivity contribution in [3.63, 3.8) is 0 Å². The van der Waals surface area contributed by atoms with E-state index in [9.17, 15) is 0 Å². The van der Waals surface area contributed by atoms with E-state index in [-0.39, 0.29) is 43.7 Å². The number of hydrogen-bond acceptors (Lipinski definition) is 1. The summed E-state index contributed by atoms with van der Waals surface area (Å²) in [7, 11) is 55.1. The molecule has 1 heterocycles. The summed E-state index contributed by atoms with van der Waals surface area (Å²) in [5.74, 6) is 0. The van der Waals surface area contributed by atoms with Crippen molar-refractivity contribution in [2.24, 2.45) is 0 Å².